The highest BCUT2D eigenvalue weighted by atomic mass is 16.5. The van der Waals surface area contributed by atoms with Crippen LogP contribution in [0.3, 0.4) is 0 Å². The minimum atomic E-state index is -1.01. The topological polar surface area (TPSA) is 91.8 Å². The Kier molecular flexibility index (Phi) is 9.12. The molecule has 0 aliphatic carbocycles. The van der Waals surface area contributed by atoms with Crippen molar-refractivity contribution in [3.63, 3.8) is 0 Å². The summed E-state index contributed by atoms with van der Waals surface area (Å²) >= 11 is 0. The molecule has 1 fully saturated rings. The maximum Gasteiger partial charge on any atom is 0.326 e. The van der Waals surface area contributed by atoms with Crippen LogP contribution in [0.1, 0.15) is 75.5 Å². The van der Waals surface area contributed by atoms with Gasteiger partial charge in [-0.2, -0.15) is 0 Å². The Bertz CT molecular complexity index is 1410. The summed E-state index contributed by atoms with van der Waals surface area (Å²) in [7, 11) is 1.62. The molecule has 42 heavy (non-hydrogen) atoms. The quantitative estimate of drug-likeness (QED) is 0.340. The van der Waals surface area contributed by atoms with Gasteiger partial charge in [-0.1, -0.05) is 102 Å². The fourth-order valence-corrected chi connectivity index (χ4v) is 6.25. The molecule has 1 aliphatic rings. The van der Waals surface area contributed by atoms with E-state index in [-0.39, 0.29) is 29.7 Å². The van der Waals surface area contributed by atoms with E-state index in [2.05, 4.69) is 46.9 Å². The summed E-state index contributed by atoms with van der Waals surface area (Å²) < 4.78 is 5.69. The maximum absolute atomic E-state index is 14.2. The number of carbonyl (C=O) groups is 2. The van der Waals surface area contributed by atoms with Crippen molar-refractivity contribution in [3.05, 3.63) is 94.7 Å². The van der Waals surface area contributed by atoms with E-state index in [0.717, 1.165) is 27.9 Å². The molecule has 4 atom stereocenters. The number of amides is 1. The van der Waals surface area contributed by atoms with Gasteiger partial charge in [-0.15, -0.1) is 0 Å². The Morgan fingerprint density at radius 1 is 0.929 bits per heavy atom. The summed E-state index contributed by atoms with van der Waals surface area (Å²) in [5.74, 6) is -1.03. The Morgan fingerprint density at radius 3 is 2.14 bits per heavy atom. The van der Waals surface area contributed by atoms with Crippen molar-refractivity contribution in [1.29, 1.82) is 0 Å². The summed E-state index contributed by atoms with van der Waals surface area (Å²) in [5.41, 5.74) is 4.06. The van der Waals surface area contributed by atoms with Crippen molar-refractivity contribution in [1.82, 2.24) is 15.2 Å². The highest BCUT2D eigenvalue weighted by Gasteiger charge is 2.57. The highest BCUT2D eigenvalue weighted by molar-refractivity contribution is 5.87. The van der Waals surface area contributed by atoms with Crippen molar-refractivity contribution in [2.45, 2.75) is 85.0 Å². The van der Waals surface area contributed by atoms with Gasteiger partial charge in [0.15, 0.2) is 0 Å². The van der Waals surface area contributed by atoms with Gasteiger partial charge >= 0.3 is 5.97 Å². The predicted molar refractivity (Wildman–Crippen MR) is 165 cm³/mol. The minimum Gasteiger partial charge on any atom is -0.481 e. The van der Waals surface area contributed by atoms with Crippen LogP contribution in [0.25, 0.3) is 0 Å². The normalized spacial score (nSPS) is 20.9. The number of pyridine rings is 1. The molecule has 2 N–H and O–H groups in total. The molecule has 1 amide bonds. The molecule has 4 rings (SSSR count). The van der Waals surface area contributed by atoms with Crippen LogP contribution >= 0.6 is 0 Å². The van der Waals surface area contributed by atoms with Gasteiger partial charge in [-0.05, 0) is 35.1 Å². The molecule has 0 saturated carbocycles. The first kappa shape index (κ1) is 31.2. The zero-order valence-corrected chi connectivity index (χ0v) is 26.1. The lowest BCUT2D eigenvalue weighted by Gasteiger charge is -2.35. The first-order chi connectivity index (χ1) is 19.7. The molecular formula is C35H45N3O4. The number of ether oxygens (including phenoxy) is 1. The molecule has 0 radical (unpaired) electrons. The largest absolute Gasteiger partial charge is 0.481 e. The number of hydrogen-bond donors (Lipinski definition) is 2. The lowest BCUT2D eigenvalue weighted by atomic mass is 9.72. The van der Waals surface area contributed by atoms with E-state index in [1.807, 2.05) is 73.7 Å². The molecule has 1 aliphatic heterocycles. The Morgan fingerprint density at radius 2 is 1.57 bits per heavy atom. The summed E-state index contributed by atoms with van der Waals surface area (Å²) in [5, 5.41) is 14.4. The van der Waals surface area contributed by atoms with E-state index < -0.39 is 23.5 Å². The molecular weight excluding hydrogens is 526 g/mol. The number of rotatable bonds is 8. The second-order valence-corrected chi connectivity index (χ2v) is 13.5. The zero-order valence-electron chi connectivity index (χ0n) is 26.1. The highest BCUT2D eigenvalue weighted by Crippen LogP contribution is 2.48. The van der Waals surface area contributed by atoms with Crippen LogP contribution < -0.4 is 10.1 Å². The average Bonchev–Trinajstić information content (AvgIpc) is 3.29. The SMILES string of the molecule is COc1nc(C(C)(C)C)ccc1CN[C@H]1[C@H](C(C)(C)C)[C@@H](C(=O)O)N(C(=O)Cc2ccccc2C)[C@H]1c1ccccc1. The standard InChI is InChI=1S/C35H45N3O4/c1-22-14-12-13-17-24(22)20-27(39)38-30(23-15-10-9-11-16-23)29(28(35(5,6)7)31(38)33(40)41)36-21-25-18-19-26(34(2,3)4)37-32(25)42-8/h9-19,28-31,36H,20-21H2,1-8H3,(H,40,41)/t28-,29-,30-,31-/m0/s1. The summed E-state index contributed by atoms with van der Waals surface area (Å²) in [6.07, 6.45) is 0.134. The molecule has 3 aromatic rings. The summed E-state index contributed by atoms with van der Waals surface area (Å²) in [6, 6.07) is 19.8. The summed E-state index contributed by atoms with van der Waals surface area (Å²) in [4.78, 5) is 33.7. The number of aromatic nitrogens is 1. The second-order valence-electron chi connectivity index (χ2n) is 13.5. The molecule has 1 aromatic heterocycles. The average molecular weight is 572 g/mol. The number of methoxy groups -OCH3 is 1. The van der Waals surface area contributed by atoms with Crippen molar-refractivity contribution < 1.29 is 19.4 Å². The van der Waals surface area contributed by atoms with Crippen molar-refractivity contribution in [2.75, 3.05) is 7.11 Å². The van der Waals surface area contributed by atoms with Crippen LogP contribution in [0, 0.1) is 18.3 Å². The van der Waals surface area contributed by atoms with Crippen LogP contribution in [0.5, 0.6) is 5.88 Å². The number of aliphatic carboxylic acids is 1. The third kappa shape index (κ3) is 6.51. The lowest BCUT2D eigenvalue weighted by molar-refractivity contribution is -0.152. The summed E-state index contributed by atoms with van der Waals surface area (Å²) in [6.45, 7) is 14.9. The Hall–Kier alpha value is -3.71. The predicted octanol–water partition coefficient (Wildman–Crippen LogP) is 6.10. The fraction of sp³-hybridized carbons (Fsp3) is 0.457. The third-order valence-electron chi connectivity index (χ3n) is 8.38. The maximum atomic E-state index is 14.2. The van der Waals surface area contributed by atoms with Gasteiger partial charge in [0.1, 0.15) is 6.04 Å². The van der Waals surface area contributed by atoms with Crippen LogP contribution in [-0.2, 0) is 28.0 Å². The molecule has 0 unspecified atom stereocenters. The Labute approximate surface area is 250 Å². The number of carboxylic acids is 1. The van der Waals surface area contributed by atoms with Gasteiger partial charge in [-0.25, -0.2) is 9.78 Å². The molecule has 7 heteroatoms. The zero-order chi connectivity index (χ0) is 30.8. The van der Waals surface area contributed by atoms with Gasteiger partial charge in [-0.3, -0.25) is 4.79 Å². The van der Waals surface area contributed by atoms with Gasteiger partial charge in [0.2, 0.25) is 11.8 Å². The number of carbonyl (C=O) groups excluding carboxylic acids is 1. The van der Waals surface area contributed by atoms with E-state index in [9.17, 15) is 14.7 Å². The number of carboxylic acid groups (broad SMARTS) is 1. The second kappa shape index (κ2) is 12.3. The first-order valence-electron chi connectivity index (χ1n) is 14.6. The molecule has 2 aromatic carbocycles. The van der Waals surface area contributed by atoms with Crippen molar-refractivity contribution in [2.24, 2.45) is 11.3 Å². The van der Waals surface area contributed by atoms with E-state index in [1.54, 1.807) is 12.0 Å². The third-order valence-corrected chi connectivity index (χ3v) is 8.38. The molecule has 0 spiro atoms. The number of nitrogens with one attached hydrogen (secondary N) is 1. The van der Waals surface area contributed by atoms with E-state index in [4.69, 9.17) is 9.72 Å². The van der Waals surface area contributed by atoms with Crippen LogP contribution in [0.2, 0.25) is 0 Å². The smallest absolute Gasteiger partial charge is 0.326 e. The van der Waals surface area contributed by atoms with Crippen LogP contribution in [0.15, 0.2) is 66.7 Å². The van der Waals surface area contributed by atoms with Crippen molar-refractivity contribution >= 4 is 11.9 Å². The number of aryl methyl sites for hydroxylation is 1. The molecule has 0 bridgehead atoms. The molecule has 1 saturated heterocycles. The number of nitrogens with zero attached hydrogens (tertiary/aromatic N) is 2. The number of benzene rings is 2. The number of likely N-dealkylation sites (tertiary alicyclic amines) is 1. The van der Waals surface area contributed by atoms with Gasteiger partial charge in [0.25, 0.3) is 0 Å². The van der Waals surface area contributed by atoms with Crippen LogP contribution in [-0.4, -0.2) is 46.1 Å². The first-order valence-corrected chi connectivity index (χ1v) is 14.6. The fourth-order valence-electron chi connectivity index (χ4n) is 6.25. The van der Waals surface area contributed by atoms with Crippen LogP contribution in [0.4, 0.5) is 0 Å². The Balaban J connectivity index is 1.79. The minimum absolute atomic E-state index is 0.132. The monoisotopic (exact) mass is 571 g/mol. The van der Waals surface area contributed by atoms with Crippen molar-refractivity contribution in [3.8, 4) is 5.88 Å². The van der Waals surface area contributed by atoms with Gasteiger partial charge in [0, 0.05) is 35.2 Å². The molecule has 2 heterocycles. The molecule has 7 nitrogen and oxygen atoms in total. The van der Waals surface area contributed by atoms with Gasteiger partial charge in [0.05, 0.1) is 19.6 Å². The van der Waals surface area contributed by atoms with E-state index in [1.165, 1.54) is 0 Å². The lowest BCUT2D eigenvalue weighted by Crippen LogP contribution is -2.48. The van der Waals surface area contributed by atoms with Gasteiger partial charge < -0.3 is 20.1 Å². The number of hydrogen-bond acceptors (Lipinski definition) is 5. The molecule has 224 valence electrons. The van der Waals surface area contributed by atoms with E-state index in [0.29, 0.717) is 12.4 Å². The van der Waals surface area contributed by atoms with E-state index >= 15 is 0 Å².